The molecular weight excluding hydrogens is 490 g/mol. The third-order valence-corrected chi connectivity index (χ3v) is 6.63. The molecule has 1 aliphatic rings. The lowest BCUT2D eigenvalue weighted by atomic mass is 9.87. The summed E-state index contributed by atoms with van der Waals surface area (Å²) in [4.78, 5) is 26.9. The van der Waals surface area contributed by atoms with Gasteiger partial charge in [0.15, 0.2) is 28.8 Å². The highest BCUT2D eigenvalue weighted by Gasteiger charge is 2.28. The van der Waals surface area contributed by atoms with E-state index in [-0.39, 0.29) is 24.4 Å². The number of carboxylic acids is 1. The zero-order chi connectivity index (χ0) is 27.6. The Bertz CT molecular complexity index is 1430. The lowest BCUT2D eigenvalue weighted by Gasteiger charge is -2.18. The van der Waals surface area contributed by atoms with Gasteiger partial charge in [0.25, 0.3) is 0 Å². The van der Waals surface area contributed by atoms with Gasteiger partial charge in [0, 0.05) is 23.2 Å². The number of allylic oxidation sites excluding steroid dienone is 1. The van der Waals surface area contributed by atoms with E-state index in [9.17, 15) is 14.7 Å². The molecule has 0 fully saturated rings. The summed E-state index contributed by atoms with van der Waals surface area (Å²) in [7, 11) is 4.46. The second kappa shape index (κ2) is 10.8. The van der Waals surface area contributed by atoms with Crippen LogP contribution in [-0.4, -0.2) is 45.0 Å². The number of carboxylic acid groups (broad SMARTS) is 1. The molecule has 3 aromatic carbocycles. The third kappa shape index (κ3) is 4.82. The van der Waals surface area contributed by atoms with Crippen molar-refractivity contribution in [2.45, 2.75) is 20.3 Å². The summed E-state index contributed by atoms with van der Waals surface area (Å²) in [5.41, 5.74) is 9.19. The SMILES string of the molecule is COc1cc(CC(C(=O)c2ccc(N)c(C)c2C)=C(C(=O)O)c2ccc3c(c2)OCO3)cc(OC)c1OC. The van der Waals surface area contributed by atoms with E-state index in [1.54, 1.807) is 49.4 Å². The van der Waals surface area contributed by atoms with E-state index in [1.165, 1.54) is 21.3 Å². The minimum Gasteiger partial charge on any atom is -0.493 e. The summed E-state index contributed by atoms with van der Waals surface area (Å²) >= 11 is 0. The topological polar surface area (TPSA) is 127 Å². The van der Waals surface area contributed by atoms with Gasteiger partial charge in [-0.1, -0.05) is 6.07 Å². The first-order valence-corrected chi connectivity index (χ1v) is 11.8. The molecule has 0 aliphatic carbocycles. The number of nitrogen functional groups attached to an aromatic ring is 1. The molecule has 1 aliphatic heterocycles. The van der Waals surface area contributed by atoms with Crippen molar-refractivity contribution in [1.29, 1.82) is 0 Å². The number of rotatable bonds is 9. The van der Waals surface area contributed by atoms with Crippen molar-refractivity contribution in [2.75, 3.05) is 33.9 Å². The normalized spacial score (nSPS) is 12.6. The van der Waals surface area contributed by atoms with E-state index in [2.05, 4.69) is 0 Å². The standard InChI is InChI=1S/C29H29NO8/c1-15-16(2)21(30)8-7-19(15)27(31)20(10-17-11-24(34-3)28(36-5)25(12-17)35-4)26(29(32)33)18-6-9-22-23(13-18)38-14-37-22/h6-9,11-13H,10,14,30H2,1-5H3,(H,32,33). The minimum atomic E-state index is -1.26. The van der Waals surface area contributed by atoms with Crippen molar-refractivity contribution in [3.63, 3.8) is 0 Å². The van der Waals surface area contributed by atoms with Crippen LogP contribution in [-0.2, 0) is 11.2 Å². The highest BCUT2D eigenvalue weighted by atomic mass is 16.7. The van der Waals surface area contributed by atoms with E-state index in [1.807, 2.05) is 6.92 Å². The highest BCUT2D eigenvalue weighted by molar-refractivity contribution is 6.26. The molecule has 0 atom stereocenters. The average Bonchev–Trinajstić information content (AvgIpc) is 3.38. The van der Waals surface area contributed by atoms with Crippen LogP contribution >= 0.6 is 0 Å². The molecule has 0 spiro atoms. The van der Waals surface area contributed by atoms with Crippen LogP contribution in [0.25, 0.3) is 5.57 Å². The van der Waals surface area contributed by atoms with Crippen molar-refractivity contribution < 1.29 is 38.4 Å². The average molecular weight is 520 g/mol. The number of fused-ring (bicyclic) bond motifs is 1. The number of aliphatic carboxylic acids is 1. The van der Waals surface area contributed by atoms with Crippen molar-refractivity contribution in [1.82, 2.24) is 0 Å². The number of hydrogen-bond acceptors (Lipinski definition) is 8. The molecule has 38 heavy (non-hydrogen) atoms. The van der Waals surface area contributed by atoms with Crippen LogP contribution in [0.1, 0.15) is 32.6 Å². The van der Waals surface area contributed by atoms with Gasteiger partial charge in [-0.25, -0.2) is 4.79 Å². The van der Waals surface area contributed by atoms with E-state index < -0.39 is 11.8 Å². The summed E-state index contributed by atoms with van der Waals surface area (Å²) in [5.74, 6) is 0.358. The molecule has 3 aromatic rings. The number of nitrogens with two attached hydrogens (primary N) is 1. The molecule has 0 saturated carbocycles. The van der Waals surface area contributed by atoms with Crippen LogP contribution in [0.4, 0.5) is 5.69 Å². The largest absolute Gasteiger partial charge is 0.493 e. The summed E-state index contributed by atoms with van der Waals surface area (Å²) in [5, 5.41) is 10.4. The Morgan fingerprint density at radius 1 is 0.895 bits per heavy atom. The first-order valence-electron chi connectivity index (χ1n) is 11.8. The van der Waals surface area contributed by atoms with Gasteiger partial charge in [-0.05, 0) is 72.5 Å². The number of anilines is 1. The molecule has 4 rings (SSSR count). The summed E-state index contributed by atoms with van der Waals surface area (Å²) in [6.45, 7) is 3.64. The van der Waals surface area contributed by atoms with Crippen molar-refractivity contribution >= 4 is 23.0 Å². The fourth-order valence-corrected chi connectivity index (χ4v) is 4.45. The van der Waals surface area contributed by atoms with Crippen LogP contribution in [0.2, 0.25) is 0 Å². The zero-order valence-electron chi connectivity index (χ0n) is 21.8. The molecule has 0 amide bonds. The Balaban J connectivity index is 1.96. The maximum atomic E-state index is 14.1. The number of methoxy groups -OCH3 is 3. The molecule has 0 bridgehead atoms. The number of hydrogen-bond donors (Lipinski definition) is 2. The number of carbonyl (C=O) groups is 2. The lowest BCUT2D eigenvalue weighted by Crippen LogP contribution is -2.16. The smallest absolute Gasteiger partial charge is 0.336 e. The number of ketones is 1. The summed E-state index contributed by atoms with van der Waals surface area (Å²) < 4.78 is 27.2. The van der Waals surface area contributed by atoms with Crippen molar-refractivity contribution in [3.05, 3.63) is 75.9 Å². The van der Waals surface area contributed by atoms with Crippen LogP contribution in [0, 0.1) is 13.8 Å². The summed E-state index contributed by atoms with van der Waals surface area (Å²) in [6.07, 6.45) is -0.0332. The summed E-state index contributed by atoms with van der Waals surface area (Å²) in [6, 6.07) is 11.4. The zero-order valence-corrected chi connectivity index (χ0v) is 21.8. The van der Waals surface area contributed by atoms with Crippen LogP contribution < -0.4 is 29.4 Å². The third-order valence-electron chi connectivity index (χ3n) is 6.63. The van der Waals surface area contributed by atoms with Gasteiger partial charge in [-0.2, -0.15) is 0 Å². The van der Waals surface area contributed by atoms with Gasteiger partial charge in [-0.15, -0.1) is 0 Å². The molecule has 9 heteroatoms. The molecule has 1 heterocycles. The number of benzene rings is 3. The second-order valence-corrected chi connectivity index (χ2v) is 8.72. The molecule has 9 nitrogen and oxygen atoms in total. The van der Waals surface area contributed by atoms with Crippen molar-refractivity contribution in [2.24, 2.45) is 0 Å². The number of ether oxygens (including phenoxy) is 5. The molecule has 198 valence electrons. The van der Waals surface area contributed by atoms with E-state index in [4.69, 9.17) is 29.4 Å². The molecule has 0 unspecified atom stereocenters. The van der Waals surface area contributed by atoms with Gasteiger partial charge in [-0.3, -0.25) is 4.79 Å². The van der Waals surface area contributed by atoms with Gasteiger partial charge in [0.2, 0.25) is 12.5 Å². The second-order valence-electron chi connectivity index (χ2n) is 8.72. The minimum absolute atomic E-state index is 0.0332. The van der Waals surface area contributed by atoms with E-state index in [0.717, 1.165) is 5.56 Å². The number of carbonyl (C=O) groups excluding carboxylic acids is 1. The fraction of sp³-hybridized carbons (Fsp3) is 0.241. The Morgan fingerprint density at radius 3 is 2.16 bits per heavy atom. The Labute approximate surface area is 220 Å². The monoisotopic (exact) mass is 519 g/mol. The highest BCUT2D eigenvalue weighted by Crippen LogP contribution is 2.40. The molecule has 0 saturated heterocycles. The maximum absolute atomic E-state index is 14.1. The predicted molar refractivity (Wildman–Crippen MR) is 142 cm³/mol. The van der Waals surface area contributed by atoms with Gasteiger partial charge in [0.1, 0.15) is 0 Å². The van der Waals surface area contributed by atoms with Crippen LogP contribution in [0.3, 0.4) is 0 Å². The van der Waals surface area contributed by atoms with Gasteiger partial charge in [0.05, 0.1) is 26.9 Å². The van der Waals surface area contributed by atoms with E-state index in [0.29, 0.717) is 56.7 Å². The van der Waals surface area contributed by atoms with Gasteiger partial charge < -0.3 is 34.5 Å². The quantitative estimate of drug-likeness (QED) is 0.237. The van der Waals surface area contributed by atoms with Gasteiger partial charge >= 0.3 is 5.97 Å². The first kappa shape index (κ1) is 26.4. The Kier molecular flexibility index (Phi) is 7.47. The molecule has 0 radical (unpaired) electrons. The lowest BCUT2D eigenvalue weighted by molar-refractivity contribution is -0.130. The Hall–Kier alpha value is -4.66. The molecule has 0 aromatic heterocycles. The van der Waals surface area contributed by atoms with Crippen molar-refractivity contribution in [3.8, 4) is 28.7 Å². The Morgan fingerprint density at radius 2 is 1.55 bits per heavy atom. The van der Waals surface area contributed by atoms with Crippen LogP contribution in [0.15, 0.2) is 48.0 Å². The fourth-order valence-electron chi connectivity index (χ4n) is 4.45. The predicted octanol–water partition coefficient (Wildman–Crippen LogP) is 4.60. The van der Waals surface area contributed by atoms with Crippen LogP contribution in [0.5, 0.6) is 28.7 Å². The molecular formula is C29H29NO8. The van der Waals surface area contributed by atoms with E-state index >= 15 is 0 Å². The molecule has 3 N–H and O–H groups in total. The first-order chi connectivity index (χ1) is 18.2. The maximum Gasteiger partial charge on any atom is 0.336 e. The number of Topliss-reactive ketones (excluding diaryl/α,β-unsaturated/α-hetero) is 1.